The molecule has 0 heteroatoms. The predicted molar refractivity (Wildman–Crippen MR) is 202 cm³/mol. The van der Waals surface area contributed by atoms with Crippen LogP contribution in [0.25, 0.3) is 44.5 Å². The molecule has 0 atom stereocenters. The molecule has 0 fully saturated rings. The van der Waals surface area contributed by atoms with E-state index in [4.69, 9.17) is 0 Å². The third-order valence-corrected chi connectivity index (χ3v) is 9.56. The van der Waals surface area contributed by atoms with Gasteiger partial charge in [0.25, 0.3) is 0 Å². The second-order valence-electron chi connectivity index (χ2n) is 12.5. The summed E-state index contributed by atoms with van der Waals surface area (Å²) in [5.74, 6) is 0. The van der Waals surface area contributed by atoms with Crippen LogP contribution < -0.4 is 0 Å². The van der Waals surface area contributed by atoms with Crippen LogP contribution in [0.3, 0.4) is 0 Å². The molecule has 0 saturated heterocycles. The van der Waals surface area contributed by atoms with E-state index in [1.807, 2.05) is 12.2 Å². The third-order valence-electron chi connectivity index (χ3n) is 9.56. The number of allylic oxidation sites excluding steroid dienone is 13. The maximum absolute atomic E-state index is 3.86. The SMILES string of the molecule is C=C/C=C\C(=C/C)c1ccccc1-c1ccc(C)c(C2=C(C)CC(c3cccc(-c4cccc5c4CC(/C=C\CC)=C5C)c3)=C2)c1. The van der Waals surface area contributed by atoms with Crippen LogP contribution in [0, 0.1) is 6.92 Å². The molecule has 46 heavy (non-hydrogen) atoms. The molecule has 0 amide bonds. The minimum absolute atomic E-state index is 0.966. The van der Waals surface area contributed by atoms with Crippen molar-refractivity contribution in [2.45, 2.75) is 53.9 Å². The van der Waals surface area contributed by atoms with E-state index in [9.17, 15) is 0 Å². The number of hydrogen-bond donors (Lipinski definition) is 0. The first-order chi connectivity index (χ1) is 22.4. The van der Waals surface area contributed by atoms with Crippen LogP contribution in [0.5, 0.6) is 0 Å². The molecular formula is C46H44. The molecule has 0 saturated carbocycles. The zero-order valence-corrected chi connectivity index (χ0v) is 28.0. The summed E-state index contributed by atoms with van der Waals surface area (Å²) in [6.45, 7) is 15.0. The van der Waals surface area contributed by atoms with E-state index in [-0.39, 0.29) is 0 Å². The van der Waals surface area contributed by atoms with E-state index in [1.54, 1.807) is 0 Å². The highest BCUT2D eigenvalue weighted by Crippen LogP contribution is 2.43. The maximum atomic E-state index is 3.86. The summed E-state index contributed by atoms with van der Waals surface area (Å²) in [4.78, 5) is 0. The van der Waals surface area contributed by atoms with Crippen molar-refractivity contribution < 1.29 is 0 Å². The van der Waals surface area contributed by atoms with E-state index in [0.29, 0.717) is 0 Å². The van der Waals surface area contributed by atoms with E-state index >= 15 is 0 Å². The van der Waals surface area contributed by atoms with Crippen molar-refractivity contribution in [3.8, 4) is 22.3 Å². The molecule has 4 aromatic carbocycles. The Kier molecular flexibility index (Phi) is 9.18. The van der Waals surface area contributed by atoms with Gasteiger partial charge in [0.1, 0.15) is 0 Å². The average molecular weight is 597 g/mol. The van der Waals surface area contributed by atoms with Gasteiger partial charge in [-0.2, -0.15) is 0 Å². The van der Waals surface area contributed by atoms with E-state index in [0.717, 1.165) is 19.3 Å². The Morgan fingerprint density at radius 3 is 2.30 bits per heavy atom. The van der Waals surface area contributed by atoms with Crippen molar-refractivity contribution in [1.29, 1.82) is 0 Å². The fraction of sp³-hybridized carbons (Fsp3) is 0.174. The lowest BCUT2D eigenvalue weighted by Crippen LogP contribution is -1.92. The van der Waals surface area contributed by atoms with E-state index < -0.39 is 0 Å². The Morgan fingerprint density at radius 2 is 1.50 bits per heavy atom. The third kappa shape index (κ3) is 6.01. The Balaban J connectivity index is 1.34. The number of benzene rings is 4. The van der Waals surface area contributed by atoms with Gasteiger partial charge in [0.15, 0.2) is 0 Å². The van der Waals surface area contributed by atoms with E-state index in [1.165, 1.54) is 89.1 Å². The molecule has 0 aromatic heterocycles. The van der Waals surface area contributed by atoms with Gasteiger partial charge in [-0.3, -0.25) is 0 Å². The first kappa shape index (κ1) is 31.1. The monoisotopic (exact) mass is 596 g/mol. The van der Waals surface area contributed by atoms with Gasteiger partial charge in [-0.15, -0.1) is 0 Å². The number of hydrogen-bond acceptors (Lipinski definition) is 0. The fourth-order valence-corrected chi connectivity index (χ4v) is 7.03. The van der Waals surface area contributed by atoms with Gasteiger partial charge in [-0.25, -0.2) is 0 Å². The summed E-state index contributed by atoms with van der Waals surface area (Å²) >= 11 is 0. The van der Waals surface area contributed by atoms with Crippen LogP contribution in [0.2, 0.25) is 0 Å². The Bertz CT molecular complexity index is 2010. The normalized spacial score (nSPS) is 15.0. The van der Waals surface area contributed by atoms with Gasteiger partial charge in [0.05, 0.1) is 0 Å². The van der Waals surface area contributed by atoms with Crippen molar-refractivity contribution in [1.82, 2.24) is 0 Å². The summed E-state index contributed by atoms with van der Waals surface area (Å²) in [7, 11) is 0. The molecular weight excluding hydrogens is 553 g/mol. The van der Waals surface area contributed by atoms with Gasteiger partial charge in [0, 0.05) is 0 Å². The van der Waals surface area contributed by atoms with Crippen molar-refractivity contribution >= 4 is 22.3 Å². The lowest BCUT2D eigenvalue weighted by Gasteiger charge is -2.14. The second kappa shape index (κ2) is 13.6. The molecule has 0 heterocycles. The molecule has 0 spiro atoms. The predicted octanol–water partition coefficient (Wildman–Crippen LogP) is 13.0. The maximum Gasteiger partial charge on any atom is -0.00108 e. The summed E-state index contributed by atoms with van der Waals surface area (Å²) in [6, 6.07) is 31.6. The number of fused-ring (bicyclic) bond motifs is 1. The number of aryl methyl sites for hydroxylation is 1. The van der Waals surface area contributed by atoms with Gasteiger partial charge >= 0.3 is 0 Å². The van der Waals surface area contributed by atoms with Crippen molar-refractivity contribution in [2.24, 2.45) is 0 Å². The average Bonchev–Trinajstić information content (AvgIpc) is 3.63. The first-order valence-electron chi connectivity index (χ1n) is 16.6. The van der Waals surface area contributed by atoms with Crippen LogP contribution in [0.1, 0.15) is 73.9 Å². The smallest absolute Gasteiger partial charge is 0.00108 e. The van der Waals surface area contributed by atoms with Crippen molar-refractivity contribution in [2.75, 3.05) is 0 Å². The summed E-state index contributed by atoms with van der Waals surface area (Å²) in [5.41, 5.74) is 21.4. The number of rotatable bonds is 9. The van der Waals surface area contributed by atoms with Crippen LogP contribution in [0.4, 0.5) is 0 Å². The highest BCUT2D eigenvalue weighted by atomic mass is 14.3. The van der Waals surface area contributed by atoms with E-state index in [2.05, 4.69) is 157 Å². The summed E-state index contributed by atoms with van der Waals surface area (Å²) in [5, 5.41) is 0. The molecule has 0 nitrogen and oxygen atoms in total. The van der Waals surface area contributed by atoms with Crippen molar-refractivity contribution in [3.63, 3.8) is 0 Å². The summed E-state index contributed by atoms with van der Waals surface area (Å²) < 4.78 is 0. The lowest BCUT2D eigenvalue weighted by atomic mass is 9.90. The topological polar surface area (TPSA) is 0 Å². The quantitative estimate of drug-likeness (QED) is 0.169. The molecule has 6 rings (SSSR count). The zero-order chi connectivity index (χ0) is 32.2. The summed E-state index contributed by atoms with van der Waals surface area (Å²) in [6.07, 6.45) is 18.2. The highest BCUT2D eigenvalue weighted by molar-refractivity contribution is 5.95. The van der Waals surface area contributed by atoms with Gasteiger partial charge in [-0.1, -0.05) is 134 Å². The Hall–Kier alpha value is -4.94. The Morgan fingerprint density at radius 1 is 0.761 bits per heavy atom. The minimum Gasteiger partial charge on any atom is -0.0991 e. The highest BCUT2D eigenvalue weighted by Gasteiger charge is 2.22. The molecule has 4 aromatic rings. The standard InChI is InChI=1S/C46H44/c1-7-10-16-34(9-3)41-20-12-13-21-42(41)38-25-24-31(4)44(29-38)45-30-39(26-32(45)5)36-18-14-19-37(27-36)43-23-15-22-40-33(6)35(17-11-8-2)28-46(40)43/h7,9-25,27,29-30H,1,8,26,28H2,2-6H3/b16-10-,17-11-,34-9+. The molecule has 0 aliphatic heterocycles. The van der Waals surface area contributed by atoms with Gasteiger partial charge in [0.2, 0.25) is 0 Å². The molecule has 2 aliphatic rings. The molecule has 228 valence electrons. The van der Waals surface area contributed by atoms with Crippen LogP contribution in [-0.2, 0) is 6.42 Å². The van der Waals surface area contributed by atoms with Gasteiger partial charge < -0.3 is 0 Å². The molecule has 0 unspecified atom stereocenters. The molecule has 2 aliphatic carbocycles. The largest absolute Gasteiger partial charge is 0.0991 e. The Labute approximate surface area is 276 Å². The first-order valence-corrected chi connectivity index (χ1v) is 16.6. The van der Waals surface area contributed by atoms with Crippen LogP contribution in [-0.4, -0.2) is 0 Å². The zero-order valence-electron chi connectivity index (χ0n) is 28.0. The second-order valence-corrected chi connectivity index (χ2v) is 12.5. The molecule has 0 bridgehead atoms. The molecule has 0 N–H and O–H groups in total. The van der Waals surface area contributed by atoms with Crippen LogP contribution in [0.15, 0.2) is 145 Å². The minimum atomic E-state index is 0.966. The van der Waals surface area contributed by atoms with Crippen LogP contribution >= 0.6 is 0 Å². The van der Waals surface area contributed by atoms with Crippen molar-refractivity contribution in [3.05, 3.63) is 179 Å². The fourth-order valence-electron chi connectivity index (χ4n) is 7.03. The van der Waals surface area contributed by atoms with Gasteiger partial charge in [-0.05, 0) is 143 Å². The lowest BCUT2D eigenvalue weighted by molar-refractivity contribution is 1.19. The molecule has 0 radical (unpaired) electrons.